The first-order chi connectivity index (χ1) is 14.0. The van der Waals surface area contributed by atoms with Crippen molar-refractivity contribution in [3.05, 3.63) is 80.0 Å². The monoisotopic (exact) mass is 519 g/mol. The van der Waals surface area contributed by atoms with E-state index in [1.54, 1.807) is 0 Å². The van der Waals surface area contributed by atoms with Crippen molar-refractivity contribution in [2.24, 2.45) is 0 Å². The predicted octanol–water partition coefficient (Wildman–Crippen LogP) is 5.42. The number of benzene rings is 2. The molecule has 0 unspecified atom stereocenters. The molecule has 0 aliphatic heterocycles. The second-order valence-corrected chi connectivity index (χ2v) is 8.38. The van der Waals surface area contributed by atoms with Crippen molar-refractivity contribution in [2.75, 3.05) is 6.54 Å². The van der Waals surface area contributed by atoms with Gasteiger partial charge in [0, 0.05) is 24.3 Å². The molecule has 0 aliphatic rings. The summed E-state index contributed by atoms with van der Waals surface area (Å²) >= 11 is 7.00. The summed E-state index contributed by atoms with van der Waals surface area (Å²) in [6, 6.07) is 15.2. The molecule has 1 N–H and O–H groups in total. The molecule has 7 heteroatoms. The first-order valence-corrected chi connectivity index (χ1v) is 11.0. The van der Waals surface area contributed by atoms with Crippen LogP contribution >= 0.6 is 31.9 Å². The van der Waals surface area contributed by atoms with Gasteiger partial charge in [-0.1, -0.05) is 24.3 Å². The maximum Gasteiger partial charge on any atom is 0.251 e. The van der Waals surface area contributed by atoms with E-state index in [9.17, 15) is 4.79 Å². The van der Waals surface area contributed by atoms with E-state index in [0.29, 0.717) is 18.7 Å². The first kappa shape index (κ1) is 21.6. The predicted molar refractivity (Wildman–Crippen MR) is 121 cm³/mol. The van der Waals surface area contributed by atoms with Crippen molar-refractivity contribution >= 4 is 37.8 Å². The van der Waals surface area contributed by atoms with Crippen LogP contribution in [0.5, 0.6) is 5.75 Å². The van der Waals surface area contributed by atoms with Crippen LogP contribution in [0.4, 0.5) is 0 Å². The highest BCUT2D eigenvalue weighted by molar-refractivity contribution is 9.10. The molecule has 0 radical (unpaired) electrons. The first-order valence-electron chi connectivity index (χ1n) is 9.39. The fourth-order valence-electron chi connectivity index (χ4n) is 2.90. The number of ether oxygens (including phenoxy) is 1. The van der Waals surface area contributed by atoms with Crippen molar-refractivity contribution in [3.8, 4) is 5.75 Å². The quantitative estimate of drug-likeness (QED) is 0.403. The summed E-state index contributed by atoms with van der Waals surface area (Å²) in [5.74, 6) is 0.724. The smallest absolute Gasteiger partial charge is 0.251 e. The van der Waals surface area contributed by atoms with Gasteiger partial charge in [0.25, 0.3) is 5.91 Å². The van der Waals surface area contributed by atoms with Gasteiger partial charge in [-0.2, -0.15) is 5.10 Å². The maximum absolute atomic E-state index is 12.3. The van der Waals surface area contributed by atoms with Crippen LogP contribution in [-0.2, 0) is 13.2 Å². The number of aryl methyl sites for hydroxylation is 2. The topological polar surface area (TPSA) is 56.2 Å². The van der Waals surface area contributed by atoms with Gasteiger partial charge in [-0.3, -0.25) is 9.48 Å². The van der Waals surface area contributed by atoms with E-state index in [-0.39, 0.29) is 5.91 Å². The van der Waals surface area contributed by atoms with E-state index in [1.807, 2.05) is 67.1 Å². The average Bonchev–Trinajstić information content (AvgIpc) is 2.97. The summed E-state index contributed by atoms with van der Waals surface area (Å²) in [5, 5.41) is 7.45. The van der Waals surface area contributed by atoms with Gasteiger partial charge in [-0.25, -0.2) is 0 Å². The molecular weight excluding hydrogens is 498 g/mol. The highest BCUT2D eigenvalue weighted by Gasteiger charge is 2.09. The van der Waals surface area contributed by atoms with Gasteiger partial charge >= 0.3 is 0 Å². The number of halogens is 2. The number of amides is 1. The summed E-state index contributed by atoms with van der Waals surface area (Å²) in [5.41, 5.74) is 3.74. The molecule has 1 aromatic heterocycles. The number of hydrogen-bond donors (Lipinski definition) is 1. The van der Waals surface area contributed by atoms with Gasteiger partial charge in [-0.15, -0.1) is 0 Å². The van der Waals surface area contributed by atoms with Crippen molar-refractivity contribution in [1.82, 2.24) is 15.1 Å². The number of carbonyl (C=O) groups is 1. The summed E-state index contributed by atoms with van der Waals surface area (Å²) in [4.78, 5) is 12.3. The van der Waals surface area contributed by atoms with Gasteiger partial charge in [0.15, 0.2) is 0 Å². The third-order valence-corrected chi connectivity index (χ3v) is 6.38. The van der Waals surface area contributed by atoms with Crippen LogP contribution in [0.3, 0.4) is 0 Å². The van der Waals surface area contributed by atoms with Crippen LogP contribution in [0.2, 0.25) is 0 Å². The second kappa shape index (κ2) is 10.1. The number of hydrogen-bond acceptors (Lipinski definition) is 3. The zero-order valence-corrected chi connectivity index (χ0v) is 19.6. The van der Waals surface area contributed by atoms with E-state index in [1.165, 1.54) is 0 Å². The van der Waals surface area contributed by atoms with Crippen LogP contribution in [0.25, 0.3) is 0 Å². The molecule has 3 rings (SSSR count). The van der Waals surface area contributed by atoms with Gasteiger partial charge in [0.1, 0.15) is 12.4 Å². The Bertz CT molecular complexity index is 984. The van der Waals surface area contributed by atoms with Crippen LogP contribution < -0.4 is 10.1 Å². The number of para-hydroxylation sites is 1. The number of nitrogens with zero attached hydrogens (tertiary/aromatic N) is 2. The van der Waals surface area contributed by atoms with Gasteiger partial charge < -0.3 is 10.1 Å². The molecule has 0 aliphatic carbocycles. The number of rotatable bonds is 8. The zero-order valence-electron chi connectivity index (χ0n) is 16.4. The Hall–Kier alpha value is -2.12. The lowest BCUT2D eigenvalue weighted by Crippen LogP contribution is -2.25. The minimum absolute atomic E-state index is 0.0715. The van der Waals surface area contributed by atoms with Crippen LogP contribution in [0.15, 0.2) is 57.5 Å². The molecule has 3 aromatic rings. The van der Waals surface area contributed by atoms with Gasteiger partial charge in [0.2, 0.25) is 0 Å². The molecule has 0 spiro atoms. The number of aromatic nitrogens is 2. The van der Waals surface area contributed by atoms with E-state index in [2.05, 4.69) is 42.3 Å². The Labute approximate surface area is 187 Å². The fraction of sp³-hybridized carbons (Fsp3) is 0.273. The van der Waals surface area contributed by atoms with E-state index in [0.717, 1.165) is 44.6 Å². The minimum Gasteiger partial charge on any atom is -0.488 e. The Morgan fingerprint density at radius 3 is 2.48 bits per heavy atom. The molecule has 0 bridgehead atoms. The Morgan fingerprint density at radius 2 is 1.83 bits per heavy atom. The van der Waals surface area contributed by atoms with Crippen LogP contribution in [-0.4, -0.2) is 22.2 Å². The Morgan fingerprint density at radius 1 is 1.10 bits per heavy atom. The lowest BCUT2D eigenvalue weighted by molar-refractivity contribution is 0.0952. The highest BCUT2D eigenvalue weighted by atomic mass is 79.9. The normalized spacial score (nSPS) is 10.8. The fourth-order valence-corrected chi connectivity index (χ4v) is 3.58. The van der Waals surface area contributed by atoms with Crippen molar-refractivity contribution in [1.29, 1.82) is 0 Å². The second-order valence-electron chi connectivity index (χ2n) is 6.73. The lowest BCUT2D eigenvalue weighted by Gasteiger charge is -2.09. The summed E-state index contributed by atoms with van der Waals surface area (Å²) in [6.45, 7) is 5.82. The third-order valence-electron chi connectivity index (χ3n) is 4.57. The molecule has 1 heterocycles. The van der Waals surface area contributed by atoms with Crippen molar-refractivity contribution in [2.45, 2.75) is 33.4 Å². The van der Waals surface area contributed by atoms with E-state index < -0.39 is 0 Å². The summed E-state index contributed by atoms with van der Waals surface area (Å²) < 4.78 is 9.74. The maximum atomic E-state index is 12.3. The molecule has 0 fully saturated rings. The van der Waals surface area contributed by atoms with Crippen LogP contribution in [0.1, 0.15) is 33.7 Å². The molecule has 29 heavy (non-hydrogen) atoms. The van der Waals surface area contributed by atoms with Gasteiger partial charge in [-0.05, 0) is 82.0 Å². The Kier molecular flexibility index (Phi) is 7.50. The SMILES string of the molecule is Cc1nn(CCCNC(=O)c2ccc(COc3ccccc3Br)cc2)c(C)c1Br. The molecule has 5 nitrogen and oxygen atoms in total. The van der Waals surface area contributed by atoms with Crippen molar-refractivity contribution in [3.63, 3.8) is 0 Å². The zero-order chi connectivity index (χ0) is 20.8. The highest BCUT2D eigenvalue weighted by Crippen LogP contribution is 2.24. The Balaban J connectivity index is 1.45. The summed E-state index contributed by atoms with van der Waals surface area (Å²) in [7, 11) is 0. The lowest BCUT2D eigenvalue weighted by atomic mass is 10.1. The molecule has 0 atom stereocenters. The summed E-state index contributed by atoms with van der Waals surface area (Å²) in [6.07, 6.45) is 0.817. The molecule has 1 amide bonds. The molecule has 0 saturated carbocycles. The standard InChI is InChI=1S/C22H23Br2N3O2/c1-15-21(24)16(2)27(26-15)13-5-12-25-22(28)18-10-8-17(9-11-18)14-29-20-7-4-3-6-19(20)23/h3-4,6-11H,5,12-14H2,1-2H3,(H,25,28). The molecular formula is C22H23Br2N3O2. The van der Waals surface area contributed by atoms with E-state index in [4.69, 9.17) is 4.74 Å². The largest absolute Gasteiger partial charge is 0.488 e. The number of nitrogens with one attached hydrogen (secondary N) is 1. The molecule has 0 saturated heterocycles. The van der Waals surface area contributed by atoms with E-state index >= 15 is 0 Å². The molecule has 152 valence electrons. The minimum atomic E-state index is -0.0715. The van der Waals surface area contributed by atoms with Crippen molar-refractivity contribution < 1.29 is 9.53 Å². The van der Waals surface area contributed by atoms with Gasteiger partial charge in [0.05, 0.1) is 14.6 Å². The average molecular weight is 521 g/mol. The van der Waals surface area contributed by atoms with Crippen LogP contribution in [0, 0.1) is 13.8 Å². The number of carbonyl (C=O) groups excluding carboxylic acids is 1. The molecule has 2 aromatic carbocycles. The third kappa shape index (κ3) is 5.70.